The summed E-state index contributed by atoms with van der Waals surface area (Å²) in [6.45, 7) is 4.81. The smallest absolute Gasteiger partial charge is 0.409 e. The fourth-order valence-electron chi connectivity index (χ4n) is 4.52. The van der Waals surface area contributed by atoms with Crippen LogP contribution in [0.3, 0.4) is 0 Å². The molecule has 166 valence electrons. The van der Waals surface area contributed by atoms with Crippen LogP contribution in [0.4, 0.5) is 4.79 Å². The van der Waals surface area contributed by atoms with Gasteiger partial charge in [-0.15, -0.1) is 0 Å². The van der Waals surface area contributed by atoms with E-state index in [-0.39, 0.29) is 24.1 Å². The molecule has 2 saturated heterocycles. The van der Waals surface area contributed by atoms with Crippen molar-refractivity contribution < 1.29 is 28.7 Å². The van der Waals surface area contributed by atoms with E-state index in [2.05, 4.69) is 5.32 Å². The van der Waals surface area contributed by atoms with Crippen molar-refractivity contribution >= 4 is 12.0 Å². The number of rotatable bonds is 7. The SMILES string of the molecule is CCOC(=O)N1CCC(NC(=O)C[NH+]2CCC[C@H]2c2cc(OC)ccc2OC)CC1. The zero-order valence-electron chi connectivity index (χ0n) is 18.2. The average Bonchev–Trinajstić information content (AvgIpc) is 3.21. The van der Waals surface area contributed by atoms with Gasteiger partial charge in [0.25, 0.3) is 5.91 Å². The molecule has 0 saturated carbocycles. The van der Waals surface area contributed by atoms with Gasteiger partial charge in [-0.05, 0) is 38.0 Å². The molecule has 2 heterocycles. The van der Waals surface area contributed by atoms with Gasteiger partial charge in [0, 0.05) is 32.0 Å². The number of amides is 2. The first-order valence-electron chi connectivity index (χ1n) is 10.8. The lowest BCUT2D eigenvalue weighted by Crippen LogP contribution is -3.11. The molecule has 2 fully saturated rings. The third kappa shape index (κ3) is 5.36. The lowest BCUT2D eigenvalue weighted by Gasteiger charge is -2.32. The highest BCUT2D eigenvalue weighted by atomic mass is 16.6. The van der Waals surface area contributed by atoms with E-state index in [0.29, 0.717) is 26.2 Å². The van der Waals surface area contributed by atoms with Crippen LogP contribution >= 0.6 is 0 Å². The number of likely N-dealkylation sites (tertiary alicyclic amines) is 2. The summed E-state index contributed by atoms with van der Waals surface area (Å²) < 4.78 is 16.0. The molecule has 8 nitrogen and oxygen atoms in total. The Kier molecular flexibility index (Phi) is 7.79. The summed E-state index contributed by atoms with van der Waals surface area (Å²) in [5.41, 5.74) is 1.10. The molecule has 30 heavy (non-hydrogen) atoms. The first-order valence-corrected chi connectivity index (χ1v) is 10.8. The van der Waals surface area contributed by atoms with Crippen LogP contribution in [-0.4, -0.2) is 69.9 Å². The highest BCUT2D eigenvalue weighted by Crippen LogP contribution is 2.31. The van der Waals surface area contributed by atoms with Crippen molar-refractivity contribution in [3.8, 4) is 11.5 Å². The van der Waals surface area contributed by atoms with Gasteiger partial charge < -0.3 is 29.3 Å². The van der Waals surface area contributed by atoms with Gasteiger partial charge in [0.1, 0.15) is 17.5 Å². The minimum atomic E-state index is -0.265. The summed E-state index contributed by atoms with van der Waals surface area (Å²) in [6.07, 6.45) is 3.34. The number of quaternary nitrogens is 1. The Hall–Kier alpha value is -2.48. The van der Waals surface area contributed by atoms with Crippen LogP contribution in [0.25, 0.3) is 0 Å². The van der Waals surface area contributed by atoms with Crippen molar-refractivity contribution in [3.63, 3.8) is 0 Å². The zero-order chi connectivity index (χ0) is 21.5. The lowest BCUT2D eigenvalue weighted by atomic mass is 10.0. The molecule has 3 rings (SSSR count). The molecule has 2 aliphatic heterocycles. The highest BCUT2D eigenvalue weighted by Gasteiger charge is 2.34. The van der Waals surface area contributed by atoms with Gasteiger partial charge >= 0.3 is 6.09 Å². The van der Waals surface area contributed by atoms with Gasteiger partial charge in [0.05, 0.1) is 32.9 Å². The quantitative estimate of drug-likeness (QED) is 0.692. The lowest BCUT2D eigenvalue weighted by molar-refractivity contribution is -0.910. The van der Waals surface area contributed by atoms with Crippen molar-refractivity contribution in [2.24, 2.45) is 0 Å². The van der Waals surface area contributed by atoms with E-state index >= 15 is 0 Å². The van der Waals surface area contributed by atoms with E-state index in [1.54, 1.807) is 26.0 Å². The summed E-state index contributed by atoms with van der Waals surface area (Å²) in [7, 11) is 3.33. The third-order valence-electron chi connectivity index (χ3n) is 6.07. The third-order valence-corrected chi connectivity index (χ3v) is 6.07. The van der Waals surface area contributed by atoms with Crippen molar-refractivity contribution in [3.05, 3.63) is 23.8 Å². The summed E-state index contributed by atoms with van der Waals surface area (Å²) in [6, 6.07) is 6.17. The van der Waals surface area contributed by atoms with E-state index < -0.39 is 0 Å². The molecule has 0 aromatic heterocycles. The van der Waals surface area contributed by atoms with Gasteiger partial charge in [-0.3, -0.25) is 4.79 Å². The summed E-state index contributed by atoms with van der Waals surface area (Å²) in [5, 5.41) is 3.17. The molecule has 0 radical (unpaired) electrons. The maximum atomic E-state index is 12.7. The van der Waals surface area contributed by atoms with Gasteiger partial charge in [-0.25, -0.2) is 4.79 Å². The van der Waals surface area contributed by atoms with Gasteiger partial charge in [0.2, 0.25) is 0 Å². The number of benzene rings is 1. The molecule has 2 aliphatic rings. The normalized spacial score (nSPS) is 21.9. The molecule has 2 amide bonds. The first-order chi connectivity index (χ1) is 14.5. The molecule has 1 aromatic carbocycles. The van der Waals surface area contributed by atoms with Crippen molar-refractivity contribution in [1.29, 1.82) is 0 Å². The second kappa shape index (κ2) is 10.5. The van der Waals surface area contributed by atoms with E-state index in [1.165, 1.54) is 4.90 Å². The minimum Gasteiger partial charge on any atom is -0.497 e. The van der Waals surface area contributed by atoms with E-state index in [0.717, 1.165) is 49.3 Å². The van der Waals surface area contributed by atoms with E-state index in [9.17, 15) is 9.59 Å². The molecule has 0 bridgehead atoms. The minimum absolute atomic E-state index is 0.0633. The Balaban J connectivity index is 1.55. The largest absolute Gasteiger partial charge is 0.497 e. The monoisotopic (exact) mass is 420 g/mol. The predicted molar refractivity (Wildman–Crippen MR) is 112 cm³/mol. The molecule has 0 spiro atoms. The summed E-state index contributed by atoms with van der Waals surface area (Å²) >= 11 is 0. The molecule has 2 N–H and O–H groups in total. The predicted octanol–water partition coefficient (Wildman–Crippen LogP) is 1.16. The molecular weight excluding hydrogens is 386 g/mol. The Morgan fingerprint density at radius 2 is 1.93 bits per heavy atom. The molecule has 1 unspecified atom stereocenters. The average molecular weight is 421 g/mol. The van der Waals surface area contributed by atoms with Crippen LogP contribution < -0.4 is 19.7 Å². The van der Waals surface area contributed by atoms with Gasteiger partial charge in [0.15, 0.2) is 6.54 Å². The van der Waals surface area contributed by atoms with Gasteiger partial charge in [-0.1, -0.05) is 0 Å². The topological polar surface area (TPSA) is 81.5 Å². The van der Waals surface area contributed by atoms with Crippen LogP contribution in [-0.2, 0) is 9.53 Å². The number of hydrogen-bond donors (Lipinski definition) is 2. The molecular formula is C22H34N3O5+. The van der Waals surface area contributed by atoms with Crippen LogP contribution in [0.15, 0.2) is 18.2 Å². The van der Waals surface area contributed by atoms with Crippen LogP contribution in [0.1, 0.15) is 44.2 Å². The van der Waals surface area contributed by atoms with Crippen LogP contribution in [0, 0.1) is 0 Å². The number of nitrogens with one attached hydrogen (secondary N) is 2. The first kappa shape index (κ1) is 22.2. The number of methoxy groups -OCH3 is 2. The maximum Gasteiger partial charge on any atom is 0.409 e. The number of carbonyl (C=O) groups excluding carboxylic acids is 2. The highest BCUT2D eigenvalue weighted by molar-refractivity contribution is 5.77. The second-order valence-electron chi connectivity index (χ2n) is 7.92. The zero-order valence-corrected chi connectivity index (χ0v) is 18.2. The summed E-state index contributed by atoms with van der Waals surface area (Å²) in [4.78, 5) is 27.5. The second-order valence-corrected chi connectivity index (χ2v) is 7.92. The van der Waals surface area contributed by atoms with Crippen LogP contribution in [0.5, 0.6) is 11.5 Å². The molecule has 1 aromatic rings. The maximum absolute atomic E-state index is 12.7. The fraction of sp³-hybridized carbons (Fsp3) is 0.636. The summed E-state index contributed by atoms with van der Waals surface area (Å²) in [5.74, 6) is 1.70. The Bertz CT molecular complexity index is 733. The molecule has 8 heteroatoms. The van der Waals surface area contributed by atoms with Crippen LogP contribution in [0.2, 0.25) is 0 Å². The number of piperidine rings is 1. The fourth-order valence-corrected chi connectivity index (χ4v) is 4.52. The molecule has 0 aliphatic carbocycles. The van der Waals surface area contributed by atoms with Crippen molar-refractivity contribution in [2.75, 3.05) is 47.0 Å². The number of nitrogens with zero attached hydrogens (tertiary/aromatic N) is 1. The Morgan fingerprint density at radius 1 is 1.17 bits per heavy atom. The van der Waals surface area contributed by atoms with Crippen molar-refractivity contribution in [2.45, 2.75) is 44.7 Å². The Labute approximate surface area is 178 Å². The standard InChI is InChI=1S/C22H33N3O5/c1-4-30-22(27)24-12-9-16(10-13-24)23-21(26)15-25-11-5-6-19(25)18-14-17(28-2)7-8-20(18)29-3/h7-8,14,16,19H,4-6,9-13,15H2,1-3H3,(H,23,26)/p+1/t19-/m0/s1. The van der Waals surface area contributed by atoms with E-state index in [4.69, 9.17) is 14.2 Å². The number of carbonyl (C=O) groups is 2. The number of ether oxygens (including phenoxy) is 3. The van der Waals surface area contributed by atoms with E-state index in [1.807, 2.05) is 18.2 Å². The van der Waals surface area contributed by atoms with Gasteiger partial charge in [-0.2, -0.15) is 0 Å². The molecule has 2 atom stereocenters. The Morgan fingerprint density at radius 3 is 2.60 bits per heavy atom. The van der Waals surface area contributed by atoms with Crippen molar-refractivity contribution in [1.82, 2.24) is 10.2 Å². The number of hydrogen-bond acceptors (Lipinski definition) is 5.